The van der Waals surface area contributed by atoms with Crippen molar-refractivity contribution >= 4 is 23.2 Å². The predicted octanol–water partition coefficient (Wildman–Crippen LogP) is 3.81. The molecule has 1 aliphatic heterocycles. The molecule has 0 radical (unpaired) electrons. The lowest BCUT2D eigenvalue weighted by atomic mass is 10.0. The first-order valence-corrected chi connectivity index (χ1v) is 8.83. The summed E-state index contributed by atoms with van der Waals surface area (Å²) in [4.78, 5) is 26.6. The summed E-state index contributed by atoms with van der Waals surface area (Å²) in [6.07, 6.45) is 0.202. The van der Waals surface area contributed by atoms with Crippen molar-refractivity contribution in [1.82, 2.24) is 0 Å². The zero-order chi connectivity index (χ0) is 18.7. The summed E-state index contributed by atoms with van der Waals surface area (Å²) in [5, 5.41) is 2.92. The molecule has 0 bridgehead atoms. The normalized spacial score (nSPS) is 16.8. The fourth-order valence-corrected chi connectivity index (χ4v) is 3.16. The van der Waals surface area contributed by atoms with E-state index in [4.69, 9.17) is 4.74 Å². The number of carbonyl (C=O) groups is 2. The van der Waals surface area contributed by atoms with Gasteiger partial charge in [0, 0.05) is 18.7 Å². The fourth-order valence-electron chi connectivity index (χ4n) is 3.16. The van der Waals surface area contributed by atoms with Crippen LogP contribution in [0.15, 0.2) is 48.5 Å². The summed E-state index contributed by atoms with van der Waals surface area (Å²) in [6.45, 7) is 4.61. The second-order valence-electron chi connectivity index (χ2n) is 6.84. The molecule has 1 atom stereocenters. The standard InChI is InChI=1S/C21H24N2O3/c1-14(2)15-8-10-17(11-9-15)22-21(25)16-12-20(24)23(13-16)18-6-4-5-7-19(18)26-3/h4-11,14,16H,12-13H2,1-3H3,(H,22,25). The molecule has 5 heteroatoms. The first-order valence-electron chi connectivity index (χ1n) is 8.83. The van der Waals surface area contributed by atoms with Crippen molar-refractivity contribution < 1.29 is 14.3 Å². The number of anilines is 2. The van der Waals surface area contributed by atoms with Gasteiger partial charge < -0.3 is 15.0 Å². The molecule has 1 aliphatic rings. The lowest BCUT2D eigenvalue weighted by Crippen LogP contribution is -2.28. The highest BCUT2D eigenvalue weighted by Gasteiger charge is 2.36. The van der Waals surface area contributed by atoms with E-state index in [1.807, 2.05) is 48.5 Å². The van der Waals surface area contributed by atoms with Gasteiger partial charge in [-0.05, 0) is 35.7 Å². The Morgan fingerprint density at radius 1 is 1.15 bits per heavy atom. The van der Waals surface area contributed by atoms with Crippen molar-refractivity contribution in [1.29, 1.82) is 0 Å². The van der Waals surface area contributed by atoms with Gasteiger partial charge in [0.15, 0.2) is 0 Å². The molecule has 1 N–H and O–H groups in total. The van der Waals surface area contributed by atoms with Gasteiger partial charge in [-0.2, -0.15) is 0 Å². The van der Waals surface area contributed by atoms with Crippen LogP contribution in [-0.2, 0) is 9.59 Å². The summed E-state index contributed by atoms with van der Waals surface area (Å²) in [5.74, 6) is 0.503. The lowest BCUT2D eigenvalue weighted by molar-refractivity contribution is -0.122. The number of nitrogens with one attached hydrogen (secondary N) is 1. The molecule has 0 aliphatic carbocycles. The minimum atomic E-state index is -0.378. The molecule has 0 saturated carbocycles. The average Bonchev–Trinajstić information content (AvgIpc) is 3.04. The predicted molar refractivity (Wildman–Crippen MR) is 103 cm³/mol. The number of methoxy groups -OCH3 is 1. The average molecular weight is 352 g/mol. The molecule has 2 aromatic carbocycles. The van der Waals surface area contributed by atoms with E-state index < -0.39 is 0 Å². The van der Waals surface area contributed by atoms with Crippen LogP contribution in [0.2, 0.25) is 0 Å². The van der Waals surface area contributed by atoms with Crippen LogP contribution in [0.5, 0.6) is 5.75 Å². The van der Waals surface area contributed by atoms with Crippen LogP contribution in [0.1, 0.15) is 31.7 Å². The van der Waals surface area contributed by atoms with Gasteiger partial charge in [0.25, 0.3) is 0 Å². The molecular formula is C21H24N2O3. The van der Waals surface area contributed by atoms with E-state index in [9.17, 15) is 9.59 Å². The van der Waals surface area contributed by atoms with Crippen molar-refractivity contribution in [3.8, 4) is 5.75 Å². The van der Waals surface area contributed by atoms with E-state index in [0.29, 0.717) is 23.9 Å². The molecule has 1 saturated heterocycles. The molecule has 136 valence electrons. The van der Waals surface area contributed by atoms with Crippen LogP contribution >= 0.6 is 0 Å². The van der Waals surface area contributed by atoms with Crippen LogP contribution in [0.4, 0.5) is 11.4 Å². The molecule has 26 heavy (non-hydrogen) atoms. The summed E-state index contributed by atoms with van der Waals surface area (Å²) >= 11 is 0. The van der Waals surface area contributed by atoms with E-state index >= 15 is 0 Å². The zero-order valence-corrected chi connectivity index (χ0v) is 15.4. The number of carbonyl (C=O) groups excluding carboxylic acids is 2. The van der Waals surface area contributed by atoms with Gasteiger partial charge in [-0.3, -0.25) is 9.59 Å². The molecular weight excluding hydrogens is 328 g/mol. The first-order chi connectivity index (χ1) is 12.5. The van der Waals surface area contributed by atoms with Gasteiger partial charge in [-0.15, -0.1) is 0 Å². The van der Waals surface area contributed by atoms with Crippen LogP contribution < -0.4 is 15.0 Å². The number of hydrogen-bond acceptors (Lipinski definition) is 3. The second-order valence-corrected chi connectivity index (χ2v) is 6.84. The monoisotopic (exact) mass is 352 g/mol. The highest BCUT2D eigenvalue weighted by Crippen LogP contribution is 2.33. The molecule has 2 amide bonds. The van der Waals surface area contributed by atoms with Gasteiger partial charge in [-0.1, -0.05) is 38.1 Å². The molecule has 0 spiro atoms. The number of nitrogens with zero attached hydrogens (tertiary/aromatic N) is 1. The number of benzene rings is 2. The van der Waals surface area contributed by atoms with Gasteiger partial charge in [0.2, 0.25) is 11.8 Å². The summed E-state index contributed by atoms with van der Waals surface area (Å²) in [5.41, 5.74) is 2.68. The van der Waals surface area contributed by atoms with Crippen LogP contribution in [0, 0.1) is 5.92 Å². The molecule has 3 rings (SSSR count). The van der Waals surface area contributed by atoms with Crippen molar-refractivity contribution in [2.75, 3.05) is 23.9 Å². The molecule has 1 heterocycles. The van der Waals surface area contributed by atoms with E-state index in [1.165, 1.54) is 5.56 Å². The van der Waals surface area contributed by atoms with Gasteiger partial charge in [-0.25, -0.2) is 0 Å². The minimum Gasteiger partial charge on any atom is -0.495 e. The molecule has 2 aromatic rings. The van der Waals surface area contributed by atoms with Crippen LogP contribution in [0.3, 0.4) is 0 Å². The largest absolute Gasteiger partial charge is 0.495 e. The fraction of sp³-hybridized carbons (Fsp3) is 0.333. The Morgan fingerprint density at radius 2 is 1.85 bits per heavy atom. The third-order valence-corrected chi connectivity index (χ3v) is 4.72. The van der Waals surface area contributed by atoms with E-state index in [1.54, 1.807) is 12.0 Å². The maximum absolute atomic E-state index is 12.6. The molecule has 5 nitrogen and oxygen atoms in total. The van der Waals surface area contributed by atoms with Crippen molar-refractivity contribution in [3.63, 3.8) is 0 Å². The van der Waals surface area contributed by atoms with Gasteiger partial charge >= 0.3 is 0 Å². The number of ether oxygens (including phenoxy) is 1. The number of rotatable bonds is 5. The first kappa shape index (κ1) is 18.0. The van der Waals surface area contributed by atoms with Crippen molar-refractivity contribution in [2.45, 2.75) is 26.2 Å². The quantitative estimate of drug-likeness (QED) is 0.890. The Labute approximate surface area is 154 Å². The Hall–Kier alpha value is -2.82. The summed E-state index contributed by atoms with van der Waals surface area (Å²) < 4.78 is 5.33. The van der Waals surface area contributed by atoms with E-state index in [2.05, 4.69) is 19.2 Å². The Balaban J connectivity index is 1.69. The summed E-state index contributed by atoms with van der Waals surface area (Å²) in [7, 11) is 1.57. The van der Waals surface area contributed by atoms with Gasteiger partial charge in [0.05, 0.1) is 18.7 Å². The number of hydrogen-bond donors (Lipinski definition) is 1. The van der Waals surface area contributed by atoms with E-state index in [0.717, 1.165) is 5.69 Å². The third kappa shape index (κ3) is 3.72. The molecule has 0 aromatic heterocycles. The van der Waals surface area contributed by atoms with Crippen LogP contribution in [0.25, 0.3) is 0 Å². The number of para-hydroxylation sites is 2. The smallest absolute Gasteiger partial charge is 0.229 e. The second kappa shape index (κ2) is 7.60. The maximum Gasteiger partial charge on any atom is 0.229 e. The summed E-state index contributed by atoms with van der Waals surface area (Å²) in [6, 6.07) is 15.2. The van der Waals surface area contributed by atoms with E-state index in [-0.39, 0.29) is 24.2 Å². The molecule has 1 unspecified atom stereocenters. The lowest BCUT2D eigenvalue weighted by Gasteiger charge is -2.19. The Kier molecular flexibility index (Phi) is 5.26. The van der Waals surface area contributed by atoms with Gasteiger partial charge in [0.1, 0.15) is 5.75 Å². The highest BCUT2D eigenvalue weighted by atomic mass is 16.5. The Morgan fingerprint density at radius 3 is 2.50 bits per heavy atom. The van der Waals surface area contributed by atoms with Crippen LogP contribution in [-0.4, -0.2) is 25.5 Å². The molecule has 1 fully saturated rings. The third-order valence-electron chi connectivity index (χ3n) is 4.72. The Bertz CT molecular complexity index is 799. The van der Waals surface area contributed by atoms with Crippen molar-refractivity contribution in [2.24, 2.45) is 5.92 Å². The van der Waals surface area contributed by atoms with Crippen molar-refractivity contribution in [3.05, 3.63) is 54.1 Å². The minimum absolute atomic E-state index is 0.0650. The number of amides is 2. The highest BCUT2D eigenvalue weighted by molar-refractivity contribution is 6.04. The maximum atomic E-state index is 12.6. The zero-order valence-electron chi connectivity index (χ0n) is 15.4. The SMILES string of the molecule is COc1ccccc1N1CC(C(=O)Nc2ccc(C(C)C)cc2)CC1=O. The topological polar surface area (TPSA) is 58.6 Å².